The van der Waals surface area contributed by atoms with Crippen LogP contribution in [0.1, 0.15) is 61.8 Å². The third-order valence-corrected chi connectivity index (χ3v) is 9.22. The largest absolute Gasteiger partial charge is 0.481 e. The van der Waals surface area contributed by atoms with Gasteiger partial charge in [-0.2, -0.15) is 17.5 Å². The summed E-state index contributed by atoms with van der Waals surface area (Å²) < 4.78 is 68.3. The van der Waals surface area contributed by atoms with E-state index in [2.05, 4.69) is 17.4 Å². The van der Waals surface area contributed by atoms with E-state index in [1.807, 2.05) is 26.0 Å². The van der Waals surface area contributed by atoms with Gasteiger partial charge in [-0.05, 0) is 87.1 Å². The number of carboxylic acids is 1. The second-order valence-corrected chi connectivity index (χ2v) is 13.4. The molecular formula is C29H39F3N2O5S. The zero-order valence-electron chi connectivity index (χ0n) is 23.2. The number of aliphatic hydroxyl groups excluding tert-OH is 1. The van der Waals surface area contributed by atoms with Crippen molar-refractivity contribution >= 4 is 16.0 Å². The van der Waals surface area contributed by atoms with Crippen LogP contribution in [-0.4, -0.2) is 60.7 Å². The SMILES string of the molecule is CN(C[C@H](O)CNC(C)(C)CC1Cc2ccccc2C1)S(=O)(=O)c1ccc(CCCCC(=O)O)c(C(F)(F)F)c1. The van der Waals surface area contributed by atoms with Gasteiger partial charge in [0.1, 0.15) is 0 Å². The number of alkyl halides is 3. The summed E-state index contributed by atoms with van der Waals surface area (Å²) in [5, 5.41) is 22.6. The first-order valence-corrected chi connectivity index (χ1v) is 14.9. The fourth-order valence-electron chi connectivity index (χ4n) is 5.41. The molecule has 0 radical (unpaired) electrons. The van der Waals surface area contributed by atoms with Crippen molar-refractivity contribution in [3.63, 3.8) is 0 Å². The summed E-state index contributed by atoms with van der Waals surface area (Å²) in [5.74, 6) is -0.565. The van der Waals surface area contributed by atoms with Crippen molar-refractivity contribution < 1.29 is 36.6 Å². The number of unbranched alkanes of at least 4 members (excludes halogenated alkanes) is 1. The molecule has 11 heteroatoms. The molecule has 0 saturated carbocycles. The monoisotopic (exact) mass is 584 g/mol. The number of rotatable bonds is 14. The Hall–Kier alpha value is -2.47. The summed E-state index contributed by atoms with van der Waals surface area (Å²) in [6.45, 7) is 3.89. The standard InChI is InChI=1S/C29H39F3N2O5S/c1-28(2,17-20-14-22-9-4-5-10-23(22)15-20)33-18-24(35)19-34(3)40(38,39)25-13-12-21(8-6-7-11-27(36)37)26(16-25)29(30,31)32/h4-5,9-10,12-13,16,20,24,33,35H,6-8,11,14-15,17-19H2,1-3H3,(H,36,37)/t24-/m1/s1. The van der Waals surface area contributed by atoms with Gasteiger partial charge in [-0.1, -0.05) is 30.3 Å². The molecule has 2 aromatic carbocycles. The average Bonchev–Trinajstić information content (AvgIpc) is 3.26. The summed E-state index contributed by atoms with van der Waals surface area (Å²) in [7, 11) is -3.08. The lowest BCUT2D eigenvalue weighted by molar-refractivity contribution is -0.139. The molecule has 0 bridgehead atoms. The van der Waals surface area contributed by atoms with Crippen LogP contribution in [0.25, 0.3) is 0 Å². The van der Waals surface area contributed by atoms with E-state index < -0.39 is 38.7 Å². The van der Waals surface area contributed by atoms with E-state index in [0.717, 1.165) is 35.7 Å². The maximum Gasteiger partial charge on any atom is 0.416 e. The van der Waals surface area contributed by atoms with Crippen LogP contribution in [0.5, 0.6) is 0 Å². The van der Waals surface area contributed by atoms with Crippen LogP contribution in [-0.2, 0) is 40.3 Å². The van der Waals surface area contributed by atoms with Gasteiger partial charge in [-0.25, -0.2) is 8.42 Å². The second-order valence-electron chi connectivity index (χ2n) is 11.4. The molecule has 3 rings (SSSR count). The number of likely N-dealkylation sites (N-methyl/N-ethyl adjacent to an activating group) is 1. The van der Waals surface area contributed by atoms with E-state index in [1.54, 1.807) is 0 Å². The van der Waals surface area contributed by atoms with Gasteiger partial charge in [0.05, 0.1) is 16.6 Å². The maximum absolute atomic E-state index is 13.7. The molecule has 1 aliphatic rings. The fraction of sp³-hybridized carbons (Fsp3) is 0.552. The number of aryl methyl sites for hydroxylation is 1. The van der Waals surface area contributed by atoms with E-state index in [1.165, 1.54) is 18.2 Å². The highest BCUT2D eigenvalue weighted by atomic mass is 32.2. The lowest BCUT2D eigenvalue weighted by Gasteiger charge is -2.31. The number of β-amino-alcohol motifs (C(OH)–C–C–N with tert-alkyl or cyclic N) is 1. The first-order valence-electron chi connectivity index (χ1n) is 13.5. The number of nitrogens with zero attached hydrogens (tertiary/aromatic N) is 1. The van der Waals surface area contributed by atoms with Crippen molar-refractivity contribution in [1.29, 1.82) is 0 Å². The van der Waals surface area contributed by atoms with Crippen LogP contribution in [0.4, 0.5) is 13.2 Å². The predicted molar refractivity (Wildman–Crippen MR) is 146 cm³/mol. The van der Waals surface area contributed by atoms with Gasteiger partial charge in [-0.3, -0.25) is 4.79 Å². The Balaban J connectivity index is 1.59. The zero-order valence-corrected chi connectivity index (χ0v) is 24.0. The van der Waals surface area contributed by atoms with Gasteiger partial charge in [0, 0.05) is 32.1 Å². The van der Waals surface area contributed by atoms with Gasteiger partial charge in [0.15, 0.2) is 0 Å². The molecule has 7 nitrogen and oxygen atoms in total. The van der Waals surface area contributed by atoms with E-state index in [-0.39, 0.29) is 49.9 Å². The van der Waals surface area contributed by atoms with E-state index in [4.69, 9.17) is 5.11 Å². The van der Waals surface area contributed by atoms with Crippen LogP contribution in [0.15, 0.2) is 47.4 Å². The van der Waals surface area contributed by atoms with Crippen LogP contribution < -0.4 is 5.32 Å². The minimum atomic E-state index is -4.78. The van der Waals surface area contributed by atoms with Crippen molar-refractivity contribution in [3.05, 3.63) is 64.7 Å². The number of carbonyl (C=O) groups is 1. The number of aliphatic carboxylic acids is 1. The Morgan fingerprint density at radius 1 is 1.10 bits per heavy atom. The highest BCUT2D eigenvalue weighted by molar-refractivity contribution is 7.89. The first kappa shape index (κ1) is 32.0. The normalized spacial score (nSPS) is 15.4. The Morgan fingerprint density at radius 3 is 2.30 bits per heavy atom. The minimum absolute atomic E-state index is 0.0224. The molecule has 40 heavy (non-hydrogen) atoms. The molecule has 0 fully saturated rings. The maximum atomic E-state index is 13.7. The summed E-state index contributed by atoms with van der Waals surface area (Å²) in [6, 6.07) is 11.2. The second kappa shape index (κ2) is 13.0. The van der Waals surface area contributed by atoms with Crippen LogP contribution >= 0.6 is 0 Å². The molecule has 222 valence electrons. The highest BCUT2D eigenvalue weighted by Gasteiger charge is 2.35. The molecule has 0 aliphatic heterocycles. The van der Waals surface area contributed by atoms with Crippen LogP contribution in [0.2, 0.25) is 0 Å². The summed E-state index contributed by atoms with van der Waals surface area (Å²) in [4.78, 5) is 10.1. The Kier molecular flexibility index (Phi) is 10.4. The van der Waals surface area contributed by atoms with Crippen molar-refractivity contribution in [2.24, 2.45) is 5.92 Å². The summed E-state index contributed by atoms with van der Waals surface area (Å²) in [5.41, 5.74) is 1.25. The molecule has 2 aromatic rings. The molecule has 0 unspecified atom stereocenters. The smallest absolute Gasteiger partial charge is 0.416 e. The number of carboxylic acid groups (broad SMARTS) is 1. The van der Waals surface area contributed by atoms with Crippen LogP contribution in [0.3, 0.4) is 0 Å². The number of halogens is 3. The van der Waals surface area contributed by atoms with Crippen molar-refractivity contribution in [2.45, 2.75) is 81.5 Å². The minimum Gasteiger partial charge on any atom is -0.481 e. The predicted octanol–water partition coefficient (Wildman–Crippen LogP) is 4.66. The van der Waals surface area contributed by atoms with Crippen molar-refractivity contribution in [3.8, 4) is 0 Å². The summed E-state index contributed by atoms with van der Waals surface area (Å²) >= 11 is 0. The van der Waals surface area contributed by atoms with E-state index >= 15 is 0 Å². The topological polar surface area (TPSA) is 107 Å². The molecule has 0 amide bonds. The quantitative estimate of drug-likeness (QED) is 0.279. The number of nitrogens with one attached hydrogen (secondary N) is 1. The van der Waals surface area contributed by atoms with Gasteiger partial charge in [0.25, 0.3) is 0 Å². The number of hydrogen-bond donors (Lipinski definition) is 3. The molecule has 0 heterocycles. The number of sulfonamides is 1. The molecule has 0 aromatic heterocycles. The Bertz CT molecular complexity index is 1260. The van der Waals surface area contributed by atoms with Crippen LogP contribution in [0, 0.1) is 5.92 Å². The van der Waals surface area contributed by atoms with E-state index in [0.29, 0.717) is 12.0 Å². The lowest BCUT2D eigenvalue weighted by atomic mass is 9.88. The molecule has 1 aliphatic carbocycles. The van der Waals surface area contributed by atoms with Crippen molar-refractivity contribution in [1.82, 2.24) is 9.62 Å². The number of benzene rings is 2. The van der Waals surface area contributed by atoms with Gasteiger partial charge < -0.3 is 15.5 Å². The van der Waals surface area contributed by atoms with Crippen molar-refractivity contribution in [2.75, 3.05) is 20.1 Å². The third kappa shape index (κ3) is 8.76. The molecule has 0 saturated heterocycles. The average molecular weight is 585 g/mol. The zero-order chi connectivity index (χ0) is 29.7. The summed E-state index contributed by atoms with van der Waals surface area (Å²) in [6.07, 6.45) is -2.73. The fourth-order valence-corrected chi connectivity index (χ4v) is 6.65. The lowest BCUT2D eigenvalue weighted by Crippen LogP contribution is -2.47. The molecular weight excluding hydrogens is 545 g/mol. The Labute approximate surface area is 234 Å². The molecule has 3 N–H and O–H groups in total. The third-order valence-electron chi connectivity index (χ3n) is 7.40. The highest BCUT2D eigenvalue weighted by Crippen LogP contribution is 2.35. The molecule has 1 atom stereocenters. The number of fused-ring (bicyclic) bond motifs is 1. The molecule has 0 spiro atoms. The van der Waals surface area contributed by atoms with Gasteiger partial charge >= 0.3 is 12.1 Å². The Morgan fingerprint density at radius 2 is 1.73 bits per heavy atom. The first-order chi connectivity index (χ1) is 18.6. The number of aliphatic hydroxyl groups is 1. The van der Waals surface area contributed by atoms with Gasteiger partial charge in [-0.15, -0.1) is 0 Å². The number of hydrogen-bond acceptors (Lipinski definition) is 5. The van der Waals surface area contributed by atoms with E-state index in [9.17, 15) is 31.5 Å². The van der Waals surface area contributed by atoms with Gasteiger partial charge in [0.2, 0.25) is 10.0 Å².